The standard InChI is InChI=1S/C28H30BrNO6/c1-6-33-23-15-20(11-14-22(23)36-16-19-9-12-21(29)13-10-19)26-24(27(31)34-7-2)17(4)30-18(5)25(26)28(32)35-8-3/h9-15H,6-8,16H2,1-5H3. The van der Waals surface area contributed by atoms with Crippen LogP contribution in [-0.2, 0) is 16.1 Å². The second kappa shape index (κ2) is 12.5. The average molecular weight is 556 g/mol. The van der Waals surface area contributed by atoms with E-state index in [1.807, 2.05) is 31.2 Å². The smallest absolute Gasteiger partial charge is 0.340 e. The minimum Gasteiger partial charge on any atom is -0.490 e. The van der Waals surface area contributed by atoms with E-state index in [-0.39, 0.29) is 24.3 Å². The van der Waals surface area contributed by atoms with Crippen LogP contribution >= 0.6 is 15.9 Å². The molecule has 0 saturated heterocycles. The fraction of sp³-hybridized carbons (Fsp3) is 0.321. The van der Waals surface area contributed by atoms with E-state index in [0.29, 0.717) is 47.2 Å². The fourth-order valence-electron chi connectivity index (χ4n) is 3.84. The zero-order valence-electron chi connectivity index (χ0n) is 21.1. The molecule has 190 valence electrons. The molecule has 3 aromatic rings. The maximum atomic E-state index is 13.0. The van der Waals surface area contributed by atoms with E-state index < -0.39 is 11.9 Å². The number of aryl methyl sites for hydroxylation is 2. The van der Waals surface area contributed by atoms with E-state index in [1.54, 1.807) is 45.9 Å². The van der Waals surface area contributed by atoms with Gasteiger partial charge in [-0.15, -0.1) is 0 Å². The maximum Gasteiger partial charge on any atom is 0.340 e. The first kappa shape index (κ1) is 27.2. The summed E-state index contributed by atoms with van der Waals surface area (Å²) in [4.78, 5) is 30.4. The van der Waals surface area contributed by atoms with Gasteiger partial charge in [-0.2, -0.15) is 0 Å². The summed E-state index contributed by atoms with van der Waals surface area (Å²) in [5.74, 6) is -0.0848. The molecular weight excluding hydrogens is 526 g/mol. The van der Waals surface area contributed by atoms with Crippen molar-refractivity contribution in [3.63, 3.8) is 0 Å². The molecule has 1 heterocycles. The lowest BCUT2D eigenvalue weighted by molar-refractivity contribution is 0.0525. The summed E-state index contributed by atoms with van der Waals surface area (Å²) in [5.41, 5.74) is 3.35. The number of ether oxygens (including phenoxy) is 4. The molecule has 3 rings (SSSR count). The highest BCUT2D eigenvalue weighted by atomic mass is 79.9. The molecule has 0 unspecified atom stereocenters. The number of carbonyl (C=O) groups excluding carboxylic acids is 2. The number of halogens is 1. The Morgan fingerprint density at radius 2 is 1.36 bits per heavy atom. The van der Waals surface area contributed by atoms with Gasteiger partial charge in [-0.1, -0.05) is 34.1 Å². The molecule has 36 heavy (non-hydrogen) atoms. The van der Waals surface area contributed by atoms with Gasteiger partial charge in [0.05, 0.1) is 42.3 Å². The van der Waals surface area contributed by atoms with Gasteiger partial charge >= 0.3 is 11.9 Å². The van der Waals surface area contributed by atoms with E-state index in [2.05, 4.69) is 20.9 Å². The molecule has 0 radical (unpaired) electrons. The molecule has 0 bridgehead atoms. The van der Waals surface area contributed by atoms with Crippen LogP contribution < -0.4 is 9.47 Å². The number of esters is 2. The van der Waals surface area contributed by atoms with Gasteiger partial charge in [-0.05, 0) is 70.0 Å². The van der Waals surface area contributed by atoms with Crippen LogP contribution in [0.1, 0.15) is 58.4 Å². The number of hydrogen-bond donors (Lipinski definition) is 0. The lowest BCUT2D eigenvalue weighted by atomic mass is 9.92. The quantitative estimate of drug-likeness (QED) is 0.265. The topological polar surface area (TPSA) is 84.0 Å². The minimum absolute atomic E-state index is 0.188. The zero-order valence-corrected chi connectivity index (χ0v) is 22.7. The Morgan fingerprint density at radius 1 is 0.778 bits per heavy atom. The first-order valence-corrected chi connectivity index (χ1v) is 12.6. The third kappa shape index (κ3) is 6.23. The number of hydrogen-bond acceptors (Lipinski definition) is 7. The minimum atomic E-state index is -0.559. The van der Waals surface area contributed by atoms with Crippen LogP contribution in [-0.4, -0.2) is 36.7 Å². The molecule has 1 aromatic heterocycles. The molecule has 0 N–H and O–H groups in total. The van der Waals surface area contributed by atoms with E-state index >= 15 is 0 Å². The largest absolute Gasteiger partial charge is 0.490 e. The van der Waals surface area contributed by atoms with E-state index in [4.69, 9.17) is 18.9 Å². The summed E-state index contributed by atoms with van der Waals surface area (Å²) in [7, 11) is 0. The van der Waals surface area contributed by atoms with Gasteiger partial charge in [0.25, 0.3) is 0 Å². The van der Waals surface area contributed by atoms with E-state index in [0.717, 1.165) is 10.0 Å². The molecule has 0 aliphatic rings. The predicted molar refractivity (Wildman–Crippen MR) is 141 cm³/mol. The summed E-state index contributed by atoms with van der Waals surface area (Å²) >= 11 is 3.43. The molecule has 0 amide bonds. The van der Waals surface area contributed by atoms with Gasteiger partial charge in [0.15, 0.2) is 11.5 Å². The van der Waals surface area contributed by atoms with E-state index in [1.165, 1.54) is 0 Å². The van der Waals surface area contributed by atoms with Gasteiger partial charge in [0.2, 0.25) is 0 Å². The van der Waals surface area contributed by atoms with Crippen LogP contribution in [0.25, 0.3) is 11.1 Å². The summed E-state index contributed by atoms with van der Waals surface area (Å²) in [5, 5.41) is 0. The predicted octanol–water partition coefficient (Wildman–Crippen LogP) is 6.46. The SMILES string of the molecule is CCOC(=O)c1c(C)nc(C)c(C(=O)OCC)c1-c1ccc(OCc2ccc(Br)cc2)c(OCC)c1. The van der Waals surface area contributed by atoms with Crippen molar-refractivity contribution in [2.24, 2.45) is 0 Å². The maximum absolute atomic E-state index is 13.0. The molecule has 2 aromatic carbocycles. The number of benzene rings is 2. The summed E-state index contributed by atoms with van der Waals surface area (Å²) in [6.45, 7) is 9.90. The Morgan fingerprint density at radius 3 is 1.89 bits per heavy atom. The first-order chi connectivity index (χ1) is 17.3. The molecule has 8 heteroatoms. The van der Waals surface area contributed by atoms with Crippen molar-refractivity contribution in [2.75, 3.05) is 19.8 Å². The highest BCUT2D eigenvalue weighted by Crippen LogP contribution is 2.38. The second-order valence-electron chi connectivity index (χ2n) is 7.86. The van der Waals surface area contributed by atoms with Crippen molar-refractivity contribution in [2.45, 2.75) is 41.2 Å². The molecule has 0 aliphatic heterocycles. The first-order valence-electron chi connectivity index (χ1n) is 11.8. The Labute approximate surface area is 219 Å². The van der Waals surface area contributed by atoms with Crippen molar-refractivity contribution in [1.82, 2.24) is 4.98 Å². The van der Waals surface area contributed by atoms with Gasteiger partial charge in [-0.25, -0.2) is 9.59 Å². The number of aromatic nitrogens is 1. The lowest BCUT2D eigenvalue weighted by Crippen LogP contribution is -2.17. The highest BCUT2D eigenvalue weighted by molar-refractivity contribution is 9.10. The Kier molecular flexibility index (Phi) is 9.47. The number of nitrogens with zero attached hydrogens (tertiary/aromatic N) is 1. The molecule has 0 saturated carbocycles. The van der Waals surface area contributed by atoms with Gasteiger partial charge in [-0.3, -0.25) is 4.98 Å². The van der Waals surface area contributed by atoms with Crippen LogP contribution in [0, 0.1) is 13.8 Å². The van der Waals surface area contributed by atoms with Crippen molar-refractivity contribution < 1.29 is 28.5 Å². The third-order valence-corrected chi connectivity index (χ3v) is 5.89. The summed E-state index contributed by atoms with van der Waals surface area (Å²) in [6, 6.07) is 13.2. The van der Waals surface area contributed by atoms with Crippen LogP contribution in [0.15, 0.2) is 46.9 Å². The fourth-order valence-corrected chi connectivity index (χ4v) is 4.10. The summed E-state index contributed by atoms with van der Waals surface area (Å²) in [6.07, 6.45) is 0. The Hall–Kier alpha value is -3.39. The van der Waals surface area contributed by atoms with Gasteiger partial charge in [0, 0.05) is 10.0 Å². The number of carbonyl (C=O) groups is 2. The van der Waals surface area contributed by atoms with Crippen molar-refractivity contribution in [3.8, 4) is 22.6 Å². The van der Waals surface area contributed by atoms with Crippen LogP contribution in [0.2, 0.25) is 0 Å². The molecule has 0 spiro atoms. The molecule has 0 fully saturated rings. The zero-order chi connectivity index (χ0) is 26.2. The number of pyridine rings is 1. The monoisotopic (exact) mass is 555 g/mol. The van der Waals surface area contributed by atoms with Gasteiger partial charge < -0.3 is 18.9 Å². The van der Waals surface area contributed by atoms with Gasteiger partial charge in [0.1, 0.15) is 6.61 Å². The Balaban J connectivity index is 2.14. The highest BCUT2D eigenvalue weighted by Gasteiger charge is 2.28. The van der Waals surface area contributed by atoms with Crippen LogP contribution in [0.3, 0.4) is 0 Å². The average Bonchev–Trinajstić information content (AvgIpc) is 2.84. The van der Waals surface area contributed by atoms with E-state index in [9.17, 15) is 9.59 Å². The second-order valence-corrected chi connectivity index (χ2v) is 8.77. The Bertz CT molecular complexity index is 1200. The molecular formula is C28H30BrNO6. The lowest BCUT2D eigenvalue weighted by Gasteiger charge is -2.19. The molecule has 7 nitrogen and oxygen atoms in total. The normalized spacial score (nSPS) is 10.6. The van der Waals surface area contributed by atoms with Crippen LogP contribution in [0.4, 0.5) is 0 Å². The van der Waals surface area contributed by atoms with Crippen molar-refractivity contribution >= 4 is 27.9 Å². The summed E-state index contributed by atoms with van der Waals surface area (Å²) < 4.78 is 23.5. The molecule has 0 atom stereocenters. The van der Waals surface area contributed by atoms with Crippen LogP contribution in [0.5, 0.6) is 11.5 Å². The molecule has 0 aliphatic carbocycles. The van der Waals surface area contributed by atoms with Crippen molar-refractivity contribution in [1.29, 1.82) is 0 Å². The third-order valence-electron chi connectivity index (χ3n) is 5.36. The number of rotatable bonds is 10. The van der Waals surface area contributed by atoms with Crippen molar-refractivity contribution in [3.05, 3.63) is 75.0 Å².